The lowest BCUT2D eigenvalue weighted by atomic mass is 10.2. The number of imidazole rings is 1. The van der Waals surface area contributed by atoms with Crippen LogP contribution < -0.4 is 10.6 Å². The van der Waals surface area contributed by atoms with Crippen molar-refractivity contribution in [3.8, 4) is 22.6 Å². The van der Waals surface area contributed by atoms with E-state index in [9.17, 15) is 8.78 Å². The summed E-state index contributed by atoms with van der Waals surface area (Å²) in [6.45, 7) is 3.86. The second kappa shape index (κ2) is 8.51. The Kier molecular flexibility index (Phi) is 5.53. The average Bonchev–Trinajstić information content (AvgIpc) is 3.26. The lowest BCUT2D eigenvalue weighted by Gasteiger charge is -2.19. The van der Waals surface area contributed by atoms with E-state index in [1.165, 1.54) is 0 Å². The number of rotatable bonds is 5. The van der Waals surface area contributed by atoms with Crippen LogP contribution in [0.3, 0.4) is 0 Å². The van der Waals surface area contributed by atoms with Crippen molar-refractivity contribution in [2.24, 2.45) is 0 Å². The number of nitrogens with one attached hydrogen (secondary N) is 2. The molecule has 2 N–H and O–H groups in total. The summed E-state index contributed by atoms with van der Waals surface area (Å²) in [6.07, 6.45) is 7.86. The monoisotopic (exact) mass is 452 g/mol. The summed E-state index contributed by atoms with van der Waals surface area (Å²) < 4.78 is 31.6. The first kappa shape index (κ1) is 21.4. The molecule has 6 rings (SSSR count). The van der Waals surface area contributed by atoms with Crippen molar-refractivity contribution in [2.75, 3.05) is 18.4 Å². The highest BCUT2D eigenvalue weighted by molar-refractivity contribution is 5.64. The summed E-state index contributed by atoms with van der Waals surface area (Å²) in [5.74, 6) is -2.43. The van der Waals surface area contributed by atoms with Gasteiger partial charge >= 0.3 is 0 Å². The maximum absolute atomic E-state index is 14.0. The normalized spacial score (nSPS) is 19.3. The Balaban J connectivity index is 0.00000111. The fourth-order valence-corrected chi connectivity index (χ4v) is 3.86. The molecule has 1 saturated carbocycles. The van der Waals surface area contributed by atoms with Crippen LogP contribution in [0.1, 0.15) is 32.7 Å². The Bertz CT molecular complexity index is 1260. The molecule has 1 aliphatic heterocycles. The van der Waals surface area contributed by atoms with Gasteiger partial charge in [0.15, 0.2) is 5.65 Å². The van der Waals surface area contributed by atoms with Gasteiger partial charge in [-0.05, 0) is 37.1 Å². The Hall–Kier alpha value is -3.40. The van der Waals surface area contributed by atoms with Crippen LogP contribution in [0.25, 0.3) is 28.3 Å². The van der Waals surface area contributed by atoms with Crippen LogP contribution in [0.5, 0.6) is 0 Å². The molecule has 1 saturated heterocycles. The lowest BCUT2D eigenvalue weighted by Crippen LogP contribution is -2.38. The minimum Gasteiger partial charge on any atom is -0.360 e. The van der Waals surface area contributed by atoms with Crippen molar-refractivity contribution in [1.29, 1.82) is 0 Å². The number of halogens is 2. The molecule has 0 spiro atoms. The molecule has 10 heteroatoms. The fourth-order valence-electron chi connectivity index (χ4n) is 3.86. The maximum atomic E-state index is 14.0. The van der Waals surface area contributed by atoms with Gasteiger partial charge in [-0.2, -0.15) is 10.2 Å². The summed E-state index contributed by atoms with van der Waals surface area (Å²) in [6, 6.07) is 8.61. The van der Waals surface area contributed by atoms with Crippen LogP contribution in [0.2, 0.25) is 0 Å². The van der Waals surface area contributed by atoms with E-state index in [1.807, 2.05) is 49.1 Å². The molecule has 0 aromatic carbocycles. The summed E-state index contributed by atoms with van der Waals surface area (Å²) in [7, 11) is 0. The molecule has 33 heavy (non-hydrogen) atoms. The van der Waals surface area contributed by atoms with Crippen molar-refractivity contribution >= 4 is 11.5 Å². The molecular weight excluding hydrogens is 426 g/mol. The van der Waals surface area contributed by atoms with Gasteiger partial charge in [-0.3, -0.25) is 4.68 Å². The third-order valence-electron chi connectivity index (χ3n) is 5.73. The number of hydrogen-bond acceptors (Lipinski definition) is 6. The highest BCUT2D eigenvalue weighted by atomic mass is 19.3. The first-order chi connectivity index (χ1) is 16.1. The average molecular weight is 453 g/mol. The van der Waals surface area contributed by atoms with Crippen molar-refractivity contribution in [2.45, 2.75) is 44.7 Å². The number of anilines is 1. The highest BCUT2D eigenvalue weighted by Crippen LogP contribution is 2.35. The van der Waals surface area contributed by atoms with Gasteiger partial charge in [0, 0.05) is 18.3 Å². The predicted molar refractivity (Wildman–Crippen MR) is 122 cm³/mol. The van der Waals surface area contributed by atoms with E-state index in [0.29, 0.717) is 28.9 Å². The Morgan fingerprint density at radius 2 is 1.94 bits per heavy atom. The van der Waals surface area contributed by atoms with Crippen LogP contribution in [-0.2, 0) is 0 Å². The molecular formula is C23H26F2N8. The molecule has 1 atom stereocenters. The summed E-state index contributed by atoms with van der Waals surface area (Å²) in [5, 5.41) is 14.7. The van der Waals surface area contributed by atoms with E-state index < -0.39 is 12.0 Å². The van der Waals surface area contributed by atoms with Crippen LogP contribution in [-0.4, -0.2) is 54.4 Å². The first-order valence-corrected chi connectivity index (χ1v) is 11.3. The molecule has 2 fully saturated rings. The quantitative estimate of drug-likeness (QED) is 0.476. The molecule has 4 aromatic rings. The summed E-state index contributed by atoms with van der Waals surface area (Å²) >= 11 is 0. The van der Waals surface area contributed by atoms with E-state index in [2.05, 4.69) is 25.7 Å². The number of nitrogens with zero attached hydrogens (tertiary/aromatic N) is 6. The largest absolute Gasteiger partial charge is 0.360 e. The number of aromatic nitrogens is 6. The molecule has 4 aromatic heterocycles. The van der Waals surface area contributed by atoms with Crippen molar-refractivity contribution in [3.63, 3.8) is 0 Å². The molecule has 0 radical (unpaired) electrons. The van der Waals surface area contributed by atoms with Gasteiger partial charge in [0.05, 0.1) is 36.4 Å². The summed E-state index contributed by atoms with van der Waals surface area (Å²) in [4.78, 5) is 8.96. The molecule has 1 unspecified atom stereocenters. The van der Waals surface area contributed by atoms with Crippen LogP contribution in [0.15, 0.2) is 48.9 Å². The van der Waals surface area contributed by atoms with Gasteiger partial charge in [0.2, 0.25) is 0 Å². The van der Waals surface area contributed by atoms with E-state index >= 15 is 0 Å². The highest BCUT2D eigenvalue weighted by Gasteiger charge is 2.44. The Morgan fingerprint density at radius 3 is 2.70 bits per heavy atom. The Morgan fingerprint density at radius 1 is 1.09 bits per heavy atom. The molecule has 172 valence electrons. The SMILES string of the molecule is CC.FC1(F)CNCC1Nc1cccc(-c2cnc3ccc(-c4cnn(C5CC5)c4)nn23)n1. The number of alkyl halides is 2. The molecule has 1 aliphatic carbocycles. The topological polar surface area (TPSA) is 85.0 Å². The maximum Gasteiger partial charge on any atom is 0.281 e. The van der Waals surface area contributed by atoms with Crippen molar-refractivity contribution in [1.82, 2.24) is 34.7 Å². The lowest BCUT2D eigenvalue weighted by molar-refractivity contribution is 0.0138. The zero-order chi connectivity index (χ0) is 23.0. The number of hydrogen-bond donors (Lipinski definition) is 2. The van der Waals surface area contributed by atoms with E-state index in [0.717, 1.165) is 24.1 Å². The van der Waals surface area contributed by atoms with Gasteiger partial charge in [-0.25, -0.2) is 23.3 Å². The van der Waals surface area contributed by atoms with Gasteiger partial charge < -0.3 is 10.6 Å². The summed E-state index contributed by atoms with van der Waals surface area (Å²) in [5.41, 5.74) is 3.69. The first-order valence-electron chi connectivity index (χ1n) is 11.3. The molecule has 2 aliphatic rings. The Labute approximate surface area is 190 Å². The molecule has 0 amide bonds. The zero-order valence-corrected chi connectivity index (χ0v) is 18.5. The van der Waals surface area contributed by atoms with Crippen molar-refractivity contribution in [3.05, 3.63) is 48.9 Å². The fraction of sp³-hybridized carbons (Fsp3) is 0.391. The van der Waals surface area contributed by atoms with Crippen LogP contribution >= 0.6 is 0 Å². The van der Waals surface area contributed by atoms with Gasteiger partial charge in [0.25, 0.3) is 5.92 Å². The third kappa shape index (κ3) is 4.18. The zero-order valence-electron chi connectivity index (χ0n) is 18.5. The van der Waals surface area contributed by atoms with E-state index in [-0.39, 0.29) is 13.1 Å². The van der Waals surface area contributed by atoms with Crippen LogP contribution in [0.4, 0.5) is 14.6 Å². The molecule has 5 heterocycles. The predicted octanol–water partition coefficient (Wildman–Crippen LogP) is 4.03. The van der Waals surface area contributed by atoms with Crippen molar-refractivity contribution < 1.29 is 8.78 Å². The second-order valence-electron chi connectivity index (χ2n) is 8.07. The van der Waals surface area contributed by atoms with Crippen LogP contribution in [0, 0.1) is 0 Å². The van der Waals surface area contributed by atoms with E-state index in [1.54, 1.807) is 22.8 Å². The molecule has 0 bridgehead atoms. The van der Waals surface area contributed by atoms with Gasteiger partial charge in [-0.15, -0.1) is 0 Å². The molecule has 8 nitrogen and oxygen atoms in total. The number of pyridine rings is 1. The standard InChI is InChI=1S/C21H20F2N8.C2H6/c22-21(23)12-24-10-18(21)28-19-3-1-2-16(27-19)17-9-25-20-7-6-15(29-31(17)20)13-8-26-30(11-13)14-4-5-14;1-2/h1-3,6-9,11,14,18,24H,4-5,10,12H2,(H,27,28);1-2H3. The minimum atomic E-state index is -2.82. The van der Waals surface area contributed by atoms with Gasteiger partial charge in [-0.1, -0.05) is 19.9 Å². The third-order valence-corrected chi connectivity index (χ3v) is 5.73. The number of fused-ring (bicyclic) bond motifs is 1. The minimum absolute atomic E-state index is 0.188. The second-order valence-corrected chi connectivity index (χ2v) is 8.07. The van der Waals surface area contributed by atoms with E-state index in [4.69, 9.17) is 5.10 Å². The van der Waals surface area contributed by atoms with Gasteiger partial charge in [0.1, 0.15) is 17.6 Å². The smallest absolute Gasteiger partial charge is 0.281 e.